The molecule has 0 aliphatic carbocycles. The predicted octanol–water partition coefficient (Wildman–Crippen LogP) is 19.2. The second kappa shape index (κ2) is 29.7. The zero-order valence-electron chi connectivity index (χ0n) is 55.9. The van der Waals surface area contributed by atoms with E-state index in [0.29, 0.717) is 62.2 Å². The summed E-state index contributed by atoms with van der Waals surface area (Å²) in [6.45, 7) is 29.7. The number of amides is 3. The first-order valence-corrected chi connectivity index (χ1v) is 32.1. The van der Waals surface area contributed by atoms with E-state index in [9.17, 15) is 24.9 Å². The van der Waals surface area contributed by atoms with Gasteiger partial charge in [-0.15, -0.1) is 0 Å². The SMILES string of the molecule is CC(C)(C)C(=O)Nc1ccccc1N.CC(C)(C)C(=O)Nc1ccccc1Nc1cc(C#N)cc(Nc2ccccc2NC(=O)C(C)(C)C)c1.CC(C)(C)c1nc2ccccc2n1-c1cc(C#N)cc(-n2c(C(C)(C)C)nc3ccccc32)c1.N#Cc1cc(Br)cc(Br)c1. The summed E-state index contributed by atoms with van der Waals surface area (Å²) >= 11 is 6.55. The molecule has 0 spiro atoms. The van der Waals surface area contributed by atoms with E-state index < -0.39 is 16.2 Å². The van der Waals surface area contributed by atoms with Crippen molar-refractivity contribution in [2.24, 2.45) is 16.2 Å². The van der Waals surface area contributed by atoms with Crippen molar-refractivity contribution in [2.45, 2.75) is 115 Å². The number of carbonyl (C=O) groups excluding carboxylic acids is 3. The summed E-state index contributed by atoms with van der Waals surface area (Å²) in [5, 5.41) is 43.5. The molecule has 482 valence electrons. The van der Waals surface area contributed by atoms with E-state index in [0.717, 1.165) is 54.0 Å². The number of carbonyl (C=O) groups is 3. The van der Waals surface area contributed by atoms with Crippen LogP contribution in [-0.4, -0.2) is 36.8 Å². The number of benzene rings is 8. The molecule has 2 heterocycles. The second-order valence-corrected chi connectivity index (χ2v) is 29.4. The Labute approximate surface area is 568 Å². The molecule has 16 nitrogen and oxygen atoms in total. The summed E-state index contributed by atoms with van der Waals surface area (Å²) in [6, 6.07) is 61.8. The highest BCUT2D eigenvalue weighted by atomic mass is 79.9. The van der Waals surface area contributed by atoms with Crippen LogP contribution in [0.25, 0.3) is 33.4 Å². The number of halogens is 2. The van der Waals surface area contributed by atoms with Gasteiger partial charge in [0.05, 0.1) is 102 Å². The quantitative estimate of drug-likeness (QED) is 0.0742. The minimum Gasteiger partial charge on any atom is -0.397 e. The molecule has 0 unspecified atom stereocenters. The third kappa shape index (κ3) is 18.8. The van der Waals surface area contributed by atoms with Gasteiger partial charge in [0.25, 0.3) is 0 Å². The lowest BCUT2D eigenvalue weighted by atomic mass is 9.95. The molecule has 0 atom stereocenters. The zero-order chi connectivity index (χ0) is 69.1. The van der Waals surface area contributed by atoms with Crippen LogP contribution in [0.1, 0.15) is 132 Å². The molecule has 0 aliphatic heterocycles. The first kappa shape index (κ1) is 71.4. The number of nitrogens with one attached hydrogen (secondary N) is 5. The minimum atomic E-state index is -0.541. The number of fused-ring (bicyclic) bond motifs is 2. The Morgan fingerprint density at radius 2 is 0.723 bits per heavy atom. The highest BCUT2D eigenvalue weighted by molar-refractivity contribution is 9.11. The van der Waals surface area contributed by atoms with Crippen LogP contribution in [0.4, 0.5) is 45.5 Å². The summed E-state index contributed by atoms with van der Waals surface area (Å²) in [5.41, 5.74) is 16.6. The van der Waals surface area contributed by atoms with Crippen LogP contribution < -0.4 is 32.3 Å². The molecule has 0 fully saturated rings. The number of imidazole rings is 2. The maximum absolute atomic E-state index is 12.5. The third-order valence-electron chi connectivity index (χ3n) is 14.2. The molecule has 0 aliphatic rings. The second-order valence-electron chi connectivity index (χ2n) is 27.6. The monoisotopic (exact) mass is 1380 g/mol. The van der Waals surface area contributed by atoms with Crippen LogP contribution in [0.5, 0.6) is 0 Å². The fourth-order valence-corrected chi connectivity index (χ4v) is 10.5. The number of hydrogen-bond donors (Lipinski definition) is 6. The number of nitrogens with two attached hydrogens (primary N) is 1. The van der Waals surface area contributed by atoms with Crippen molar-refractivity contribution in [2.75, 3.05) is 32.3 Å². The molecule has 0 bridgehead atoms. The molecular weight excluding hydrogens is 1300 g/mol. The maximum atomic E-state index is 12.5. The molecule has 0 saturated heterocycles. The van der Waals surface area contributed by atoms with E-state index >= 15 is 0 Å². The van der Waals surface area contributed by atoms with Crippen LogP contribution in [0.2, 0.25) is 0 Å². The van der Waals surface area contributed by atoms with Crippen LogP contribution in [0.3, 0.4) is 0 Å². The summed E-state index contributed by atoms with van der Waals surface area (Å²) in [4.78, 5) is 46.7. The van der Waals surface area contributed by atoms with Crippen molar-refractivity contribution >= 4 is 117 Å². The van der Waals surface area contributed by atoms with Gasteiger partial charge >= 0.3 is 0 Å². The van der Waals surface area contributed by atoms with Crippen molar-refractivity contribution in [3.05, 3.63) is 213 Å². The van der Waals surface area contributed by atoms with Gasteiger partial charge < -0.3 is 32.3 Å². The lowest BCUT2D eigenvalue weighted by Crippen LogP contribution is -2.27. The summed E-state index contributed by atoms with van der Waals surface area (Å²) in [5.74, 6) is 1.69. The average Bonchev–Trinajstić information content (AvgIpc) is 1.58. The van der Waals surface area contributed by atoms with E-state index in [4.69, 9.17) is 21.0 Å². The predicted molar refractivity (Wildman–Crippen MR) is 390 cm³/mol. The van der Waals surface area contributed by atoms with Gasteiger partial charge in [-0.1, -0.05) is 196 Å². The third-order valence-corrected chi connectivity index (χ3v) is 15.1. The van der Waals surface area contributed by atoms with Gasteiger partial charge in [0.2, 0.25) is 17.7 Å². The molecule has 0 radical (unpaired) electrons. The Morgan fingerprint density at radius 1 is 0.404 bits per heavy atom. The minimum absolute atomic E-state index is 0.0320. The lowest BCUT2D eigenvalue weighted by molar-refractivity contribution is -0.123. The molecular formula is C76H81Br2N13O3. The van der Waals surface area contributed by atoms with Crippen molar-refractivity contribution in [3.8, 4) is 29.6 Å². The molecule has 18 heteroatoms. The molecule has 3 amide bonds. The van der Waals surface area contributed by atoms with Crippen LogP contribution in [-0.2, 0) is 25.2 Å². The standard InChI is InChI=1S/C29H33N5O2.C29H29N5.C11H16N2O.C7H3Br2N/c1-28(2,3)26(35)33-24-13-9-7-11-22(24)31-20-15-19(18-30)16-21(17-20)32-23-12-8-10-14-25(23)34-27(36)29(4,5)6;1-28(2,3)26-31-22-11-7-9-13-24(22)33(26)20-15-19(18-30)16-21(17-20)34-25-14-10-8-12-23(25)32-27(34)29(4,5)6;1-11(2,3)10(14)13-9-7-5-4-6-8(9)12;8-6-1-5(4-10)2-7(9)3-6/h7-17,31-32H,1-6H3,(H,33,35)(H,34,36);7-17H,1-6H3;4-7H,12H2,1-3H3,(H,13,14);1-3H. The number of hydrogen-bond acceptors (Lipinski definition) is 11. The fraction of sp³-hybridized carbons (Fsp3) is 0.263. The average molecular weight is 1380 g/mol. The van der Waals surface area contributed by atoms with E-state index in [1.165, 1.54) is 0 Å². The van der Waals surface area contributed by atoms with E-state index in [-0.39, 0.29) is 28.6 Å². The number of para-hydroxylation sites is 10. The summed E-state index contributed by atoms with van der Waals surface area (Å²) in [6.07, 6.45) is 0. The van der Waals surface area contributed by atoms with Crippen LogP contribution >= 0.6 is 31.9 Å². The van der Waals surface area contributed by atoms with Gasteiger partial charge in [0, 0.05) is 47.4 Å². The fourth-order valence-electron chi connectivity index (χ4n) is 9.21. The Hall–Kier alpha value is -10.1. The Bertz CT molecular complexity index is 4320. The summed E-state index contributed by atoms with van der Waals surface area (Å²) < 4.78 is 6.21. The van der Waals surface area contributed by atoms with Gasteiger partial charge in [0.15, 0.2) is 0 Å². The normalized spacial score (nSPS) is 11.4. The van der Waals surface area contributed by atoms with Crippen molar-refractivity contribution < 1.29 is 14.4 Å². The first-order valence-electron chi connectivity index (χ1n) is 30.5. The highest BCUT2D eigenvalue weighted by Gasteiger charge is 2.28. The number of rotatable bonds is 9. The highest BCUT2D eigenvalue weighted by Crippen LogP contribution is 2.36. The topological polar surface area (TPSA) is 244 Å². The number of nitrogen functional groups attached to an aromatic ring is 1. The van der Waals surface area contributed by atoms with Gasteiger partial charge in [-0.2, -0.15) is 15.8 Å². The van der Waals surface area contributed by atoms with Crippen LogP contribution in [0.15, 0.2) is 185 Å². The molecule has 10 rings (SSSR count). The smallest absolute Gasteiger partial charge is 0.229 e. The largest absolute Gasteiger partial charge is 0.397 e. The molecule has 10 aromatic rings. The lowest BCUT2D eigenvalue weighted by Gasteiger charge is -2.23. The van der Waals surface area contributed by atoms with Gasteiger partial charge in [0.1, 0.15) is 11.6 Å². The van der Waals surface area contributed by atoms with Crippen molar-refractivity contribution in [3.63, 3.8) is 0 Å². The van der Waals surface area contributed by atoms with Crippen LogP contribution in [0, 0.1) is 50.2 Å². The number of anilines is 8. The van der Waals surface area contributed by atoms with Gasteiger partial charge in [-0.25, -0.2) is 9.97 Å². The van der Waals surface area contributed by atoms with E-state index in [1.807, 2.05) is 190 Å². The molecule has 0 saturated carbocycles. The molecule has 94 heavy (non-hydrogen) atoms. The molecule has 7 N–H and O–H groups in total. The Balaban J connectivity index is 0.000000198. The number of nitrogens with zero attached hydrogens (tertiary/aromatic N) is 7. The number of aromatic nitrogens is 4. The number of nitriles is 3. The first-order chi connectivity index (χ1) is 44.1. The van der Waals surface area contributed by atoms with Crippen molar-refractivity contribution in [1.82, 2.24) is 19.1 Å². The maximum Gasteiger partial charge on any atom is 0.229 e. The molecule has 8 aromatic carbocycles. The summed E-state index contributed by atoms with van der Waals surface area (Å²) in [7, 11) is 0. The van der Waals surface area contributed by atoms with Crippen molar-refractivity contribution in [1.29, 1.82) is 15.8 Å². The Morgan fingerprint density at radius 3 is 1.09 bits per heavy atom. The van der Waals surface area contributed by atoms with Gasteiger partial charge in [-0.05, 0) is 115 Å². The Kier molecular flexibility index (Phi) is 22.6. The van der Waals surface area contributed by atoms with E-state index in [1.54, 1.807) is 36.4 Å². The molecule has 2 aromatic heterocycles. The zero-order valence-corrected chi connectivity index (χ0v) is 59.1. The van der Waals surface area contributed by atoms with E-state index in [2.05, 4.69) is 139 Å². The van der Waals surface area contributed by atoms with Gasteiger partial charge in [-0.3, -0.25) is 23.5 Å².